The van der Waals surface area contributed by atoms with Gasteiger partial charge in [0.15, 0.2) is 0 Å². The molecule has 0 aliphatic heterocycles. The molecule has 0 fully saturated rings. The van der Waals surface area contributed by atoms with Crippen LogP contribution in [-0.2, 0) is 6.42 Å². The Morgan fingerprint density at radius 2 is 1.70 bits per heavy atom. The van der Waals surface area contributed by atoms with Gasteiger partial charge in [-0.15, -0.1) is 0 Å². The number of aryl methyl sites for hydroxylation is 1. The molecule has 108 valence electrons. The molecule has 1 aromatic heterocycles. The first kappa shape index (κ1) is 15.0. The van der Waals surface area contributed by atoms with E-state index in [2.05, 4.69) is 35.1 Å². The van der Waals surface area contributed by atoms with Crippen molar-refractivity contribution in [1.82, 2.24) is 9.97 Å². The molecule has 0 radical (unpaired) electrons. The van der Waals surface area contributed by atoms with Crippen LogP contribution in [0.5, 0.6) is 0 Å². The van der Waals surface area contributed by atoms with Crippen LogP contribution in [0.25, 0.3) is 5.57 Å². The summed E-state index contributed by atoms with van der Waals surface area (Å²) >= 11 is 0. The molecule has 0 amide bonds. The third-order valence-electron chi connectivity index (χ3n) is 3.79. The minimum Gasteiger partial charge on any atom is -0.241 e. The Kier molecular flexibility index (Phi) is 6.49. The van der Waals surface area contributed by atoms with Gasteiger partial charge in [-0.1, -0.05) is 57.3 Å². The van der Waals surface area contributed by atoms with E-state index in [1.54, 1.807) is 0 Å². The molecule has 0 saturated carbocycles. The van der Waals surface area contributed by atoms with Crippen LogP contribution in [0, 0.1) is 0 Å². The molecule has 0 unspecified atom stereocenters. The highest BCUT2D eigenvalue weighted by atomic mass is 14.9. The highest BCUT2D eigenvalue weighted by molar-refractivity contribution is 5.73. The number of hydrogen-bond donors (Lipinski definition) is 0. The van der Waals surface area contributed by atoms with Gasteiger partial charge >= 0.3 is 0 Å². The molecule has 0 atom stereocenters. The lowest BCUT2D eigenvalue weighted by atomic mass is 10.0. The van der Waals surface area contributed by atoms with Gasteiger partial charge in [0.25, 0.3) is 0 Å². The monoisotopic (exact) mass is 270 g/mol. The zero-order valence-electron chi connectivity index (χ0n) is 12.6. The van der Waals surface area contributed by atoms with Crippen LogP contribution in [-0.4, -0.2) is 9.97 Å². The standard InChI is InChI=1S/C18H26N2/c1-2-3-4-5-6-10-13-18-19-14-17(15-20-18)16-11-8-7-9-12-16/h8,11-12,14-15H,2-7,9-10,13H2,1H3. The quantitative estimate of drug-likeness (QED) is 0.613. The lowest BCUT2D eigenvalue weighted by molar-refractivity contribution is 0.600. The molecule has 2 nitrogen and oxygen atoms in total. The van der Waals surface area contributed by atoms with Gasteiger partial charge in [-0.2, -0.15) is 0 Å². The van der Waals surface area contributed by atoms with Crippen molar-refractivity contribution < 1.29 is 0 Å². The van der Waals surface area contributed by atoms with E-state index in [-0.39, 0.29) is 0 Å². The minimum absolute atomic E-state index is 0.990. The van der Waals surface area contributed by atoms with Crippen molar-refractivity contribution in [3.05, 3.63) is 42.0 Å². The van der Waals surface area contributed by atoms with Crippen LogP contribution in [0.15, 0.2) is 30.6 Å². The van der Waals surface area contributed by atoms with E-state index in [4.69, 9.17) is 0 Å². The molecule has 2 heteroatoms. The summed E-state index contributed by atoms with van der Waals surface area (Å²) in [5, 5.41) is 0. The highest BCUT2D eigenvalue weighted by Gasteiger charge is 2.03. The second-order valence-electron chi connectivity index (χ2n) is 5.54. The van der Waals surface area contributed by atoms with Gasteiger partial charge in [-0.3, -0.25) is 0 Å². The van der Waals surface area contributed by atoms with Crippen LogP contribution >= 0.6 is 0 Å². The maximum absolute atomic E-state index is 4.50. The fourth-order valence-electron chi connectivity index (χ4n) is 2.52. The summed E-state index contributed by atoms with van der Waals surface area (Å²) in [6, 6.07) is 0. The lowest BCUT2D eigenvalue weighted by Gasteiger charge is -2.07. The molecule has 0 aromatic carbocycles. The summed E-state index contributed by atoms with van der Waals surface area (Å²) in [6.45, 7) is 2.26. The second kappa shape index (κ2) is 8.68. The van der Waals surface area contributed by atoms with Gasteiger partial charge in [-0.25, -0.2) is 9.97 Å². The Morgan fingerprint density at radius 1 is 0.950 bits per heavy atom. The van der Waals surface area contributed by atoms with Crippen molar-refractivity contribution >= 4 is 5.57 Å². The van der Waals surface area contributed by atoms with Gasteiger partial charge in [0.05, 0.1) is 0 Å². The molecule has 1 heterocycles. The molecule has 0 spiro atoms. The maximum atomic E-state index is 4.50. The molecule has 20 heavy (non-hydrogen) atoms. The van der Waals surface area contributed by atoms with Crippen molar-refractivity contribution in [2.24, 2.45) is 0 Å². The number of unbranched alkanes of at least 4 members (excludes halogenated alkanes) is 5. The average Bonchev–Trinajstić information content (AvgIpc) is 2.52. The Labute approximate surface area is 123 Å². The van der Waals surface area contributed by atoms with E-state index in [0.717, 1.165) is 30.7 Å². The van der Waals surface area contributed by atoms with Gasteiger partial charge in [-0.05, 0) is 24.8 Å². The Bertz CT molecular complexity index is 443. The van der Waals surface area contributed by atoms with E-state index in [9.17, 15) is 0 Å². The molecule has 1 aromatic rings. The summed E-state index contributed by atoms with van der Waals surface area (Å²) in [5.74, 6) is 0.990. The summed E-state index contributed by atoms with van der Waals surface area (Å²) < 4.78 is 0. The van der Waals surface area contributed by atoms with E-state index in [1.165, 1.54) is 44.1 Å². The molecule has 0 bridgehead atoms. The third kappa shape index (κ3) is 4.92. The first-order chi connectivity index (χ1) is 9.90. The molecule has 1 aliphatic rings. The van der Waals surface area contributed by atoms with Gasteiger partial charge in [0.2, 0.25) is 0 Å². The molecular formula is C18H26N2. The van der Waals surface area contributed by atoms with Crippen LogP contribution in [0.2, 0.25) is 0 Å². The predicted octanol–water partition coefficient (Wildman–Crippen LogP) is 5.11. The van der Waals surface area contributed by atoms with Gasteiger partial charge in [0.1, 0.15) is 5.82 Å². The zero-order valence-corrected chi connectivity index (χ0v) is 12.6. The second-order valence-corrected chi connectivity index (χ2v) is 5.54. The highest BCUT2D eigenvalue weighted by Crippen LogP contribution is 2.20. The number of hydrogen-bond acceptors (Lipinski definition) is 2. The summed E-state index contributed by atoms with van der Waals surface area (Å²) in [6.07, 6.45) is 21.8. The van der Waals surface area contributed by atoms with Crippen LogP contribution in [0.4, 0.5) is 0 Å². The summed E-state index contributed by atoms with van der Waals surface area (Å²) in [5.41, 5.74) is 2.41. The third-order valence-corrected chi connectivity index (χ3v) is 3.79. The zero-order chi connectivity index (χ0) is 14.0. The van der Waals surface area contributed by atoms with Crippen molar-refractivity contribution in [2.45, 2.75) is 64.7 Å². The molecule has 2 rings (SSSR count). The average molecular weight is 270 g/mol. The fraction of sp³-hybridized carbons (Fsp3) is 0.556. The number of allylic oxidation sites excluding steroid dienone is 4. The SMILES string of the molecule is CCCCCCCCc1ncc(C2=CCCC=C2)cn1. The van der Waals surface area contributed by atoms with Gasteiger partial charge < -0.3 is 0 Å². The minimum atomic E-state index is 0.990. The van der Waals surface area contributed by atoms with Crippen LogP contribution in [0.3, 0.4) is 0 Å². The topological polar surface area (TPSA) is 25.8 Å². The first-order valence-electron chi connectivity index (χ1n) is 8.08. The molecule has 0 saturated heterocycles. The fourth-order valence-corrected chi connectivity index (χ4v) is 2.52. The largest absolute Gasteiger partial charge is 0.241 e. The van der Waals surface area contributed by atoms with Crippen LogP contribution < -0.4 is 0 Å². The number of nitrogens with zero attached hydrogens (tertiary/aromatic N) is 2. The molecular weight excluding hydrogens is 244 g/mol. The summed E-state index contributed by atoms with van der Waals surface area (Å²) in [7, 11) is 0. The van der Waals surface area contributed by atoms with Crippen molar-refractivity contribution in [3.63, 3.8) is 0 Å². The van der Waals surface area contributed by atoms with Crippen LogP contribution in [0.1, 0.15) is 69.7 Å². The number of aromatic nitrogens is 2. The van der Waals surface area contributed by atoms with E-state index in [0.29, 0.717) is 0 Å². The Morgan fingerprint density at radius 3 is 2.40 bits per heavy atom. The maximum Gasteiger partial charge on any atom is 0.128 e. The van der Waals surface area contributed by atoms with Gasteiger partial charge in [0, 0.05) is 24.4 Å². The Balaban J connectivity index is 1.74. The summed E-state index contributed by atoms with van der Waals surface area (Å²) in [4.78, 5) is 9.00. The van der Waals surface area contributed by atoms with E-state index >= 15 is 0 Å². The lowest BCUT2D eigenvalue weighted by Crippen LogP contribution is -1.97. The number of rotatable bonds is 8. The normalized spacial score (nSPS) is 14.3. The van der Waals surface area contributed by atoms with E-state index < -0.39 is 0 Å². The molecule has 0 N–H and O–H groups in total. The Hall–Kier alpha value is -1.44. The smallest absolute Gasteiger partial charge is 0.128 e. The van der Waals surface area contributed by atoms with Crippen molar-refractivity contribution in [3.8, 4) is 0 Å². The first-order valence-corrected chi connectivity index (χ1v) is 8.08. The van der Waals surface area contributed by atoms with E-state index in [1.807, 2.05) is 12.4 Å². The van der Waals surface area contributed by atoms with Crippen molar-refractivity contribution in [1.29, 1.82) is 0 Å². The van der Waals surface area contributed by atoms with Crippen molar-refractivity contribution in [2.75, 3.05) is 0 Å². The predicted molar refractivity (Wildman–Crippen MR) is 85.5 cm³/mol. The molecule has 1 aliphatic carbocycles.